The summed E-state index contributed by atoms with van der Waals surface area (Å²) in [6.07, 6.45) is 0. The lowest BCUT2D eigenvalue weighted by Gasteiger charge is -2.20. The zero-order valence-corrected chi connectivity index (χ0v) is 16.6. The number of hydrogen-bond donors (Lipinski definition) is 0. The van der Waals surface area contributed by atoms with Crippen LogP contribution in [0.2, 0.25) is 0 Å². The first-order valence-corrected chi connectivity index (χ1v) is 9.82. The molecule has 2 aromatic carbocycles. The molecule has 0 saturated heterocycles. The molecule has 0 saturated carbocycles. The van der Waals surface area contributed by atoms with Gasteiger partial charge >= 0.3 is 5.97 Å². The highest BCUT2D eigenvalue weighted by Gasteiger charge is 2.25. The highest BCUT2D eigenvalue weighted by Crippen LogP contribution is 2.22. The first kappa shape index (κ1) is 20.6. The number of carbonyl (C=O) groups excluding carboxylic acids is 2. The van der Waals surface area contributed by atoms with Crippen LogP contribution < -0.4 is 4.31 Å². The predicted molar refractivity (Wildman–Crippen MR) is 103 cm³/mol. The minimum Gasteiger partial charge on any atom is -0.454 e. The summed E-state index contributed by atoms with van der Waals surface area (Å²) in [5, 5.41) is 0. The van der Waals surface area contributed by atoms with E-state index in [1.54, 1.807) is 51.1 Å². The highest BCUT2D eigenvalue weighted by molar-refractivity contribution is 7.92. The summed E-state index contributed by atoms with van der Waals surface area (Å²) in [6, 6.07) is 14.2. The Morgan fingerprint density at radius 3 is 2.22 bits per heavy atom. The molecular weight excluding hydrogens is 366 g/mol. The Bertz CT molecular complexity index is 930. The van der Waals surface area contributed by atoms with Crippen molar-refractivity contribution in [1.29, 1.82) is 0 Å². The number of sulfonamides is 1. The fraction of sp³-hybridized carbons (Fsp3) is 0.300. The van der Waals surface area contributed by atoms with Gasteiger partial charge in [0.25, 0.3) is 10.0 Å². The highest BCUT2D eigenvalue weighted by atomic mass is 32.2. The van der Waals surface area contributed by atoms with E-state index in [0.29, 0.717) is 5.69 Å². The van der Waals surface area contributed by atoms with Crippen molar-refractivity contribution >= 4 is 27.5 Å². The van der Waals surface area contributed by atoms with Crippen LogP contribution in [0.5, 0.6) is 0 Å². The standard InChI is InChI=1S/C20H23NO5S/c1-20(2,3)18(22)14-26-19(23)15-9-8-12-17(13-15)27(24,25)21(4)16-10-6-5-7-11-16/h5-13H,14H2,1-4H3. The van der Waals surface area contributed by atoms with Gasteiger partial charge < -0.3 is 4.74 Å². The first-order valence-electron chi connectivity index (χ1n) is 8.38. The maximum absolute atomic E-state index is 12.8. The predicted octanol–water partition coefficient (Wildman–Crippen LogP) is 3.28. The summed E-state index contributed by atoms with van der Waals surface area (Å²) in [5.41, 5.74) is -0.0513. The molecule has 7 heteroatoms. The zero-order chi connectivity index (χ0) is 20.2. The number of nitrogens with zero attached hydrogens (tertiary/aromatic N) is 1. The van der Waals surface area contributed by atoms with E-state index in [1.807, 2.05) is 0 Å². The van der Waals surface area contributed by atoms with Gasteiger partial charge in [0, 0.05) is 12.5 Å². The van der Waals surface area contributed by atoms with Crippen LogP contribution in [0.1, 0.15) is 31.1 Å². The van der Waals surface area contributed by atoms with Crippen molar-refractivity contribution < 1.29 is 22.7 Å². The fourth-order valence-corrected chi connectivity index (χ4v) is 3.39. The van der Waals surface area contributed by atoms with Crippen LogP contribution in [0.4, 0.5) is 5.69 Å². The number of esters is 1. The topological polar surface area (TPSA) is 80.8 Å². The average molecular weight is 389 g/mol. The number of Topliss-reactive ketones (excluding diaryl/α,β-unsaturated/α-hetero) is 1. The molecule has 0 heterocycles. The second-order valence-electron chi connectivity index (χ2n) is 7.09. The van der Waals surface area contributed by atoms with Crippen molar-refractivity contribution in [2.24, 2.45) is 5.41 Å². The van der Waals surface area contributed by atoms with Crippen LogP contribution in [0.3, 0.4) is 0 Å². The van der Waals surface area contributed by atoms with Gasteiger partial charge in [-0.1, -0.05) is 45.0 Å². The Balaban J connectivity index is 2.21. The fourth-order valence-electron chi connectivity index (χ4n) is 2.15. The van der Waals surface area contributed by atoms with E-state index < -0.39 is 21.4 Å². The normalized spacial score (nSPS) is 11.7. The summed E-state index contributed by atoms with van der Waals surface area (Å²) in [6.45, 7) is 4.84. The lowest BCUT2D eigenvalue weighted by Crippen LogP contribution is -2.27. The number of para-hydroxylation sites is 1. The zero-order valence-electron chi connectivity index (χ0n) is 15.8. The van der Waals surface area contributed by atoms with Crippen LogP contribution in [0.15, 0.2) is 59.5 Å². The molecule has 144 valence electrons. The minimum atomic E-state index is -3.84. The van der Waals surface area contributed by atoms with Crippen molar-refractivity contribution in [2.75, 3.05) is 18.0 Å². The summed E-state index contributed by atoms with van der Waals surface area (Å²) in [7, 11) is -2.40. The van der Waals surface area contributed by atoms with Gasteiger partial charge in [-0.2, -0.15) is 0 Å². The first-order chi connectivity index (χ1) is 12.5. The Kier molecular flexibility index (Phi) is 6.05. The van der Waals surface area contributed by atoms with E-state index in [4.69, 9.17) is 4.74 Å². The summed E-state index contributed by atoms with van der Waals surface area (Å²) >= 11 is 0. The Morgan fingerprint density at radius 1 is 1.00 bits per heavy atom. The van der Waals surface area contributed by atoms with Gasteiger partial charge in [-0.25, -0.2) is 13.2 Å². The van der Waals surface area contributed by atoms with Gasteiger partial charge in [0.1, 0.15) is 0 Å². The lowest BCUT2D eigenvalue weighted by molar-refractivity contribution is -0.129. The van der Waals surface area contributed by atoms with Crippen molar-refractivity contribution in [3.05, 3.63) is 60.2 Å². The van der Waals surface area contributed by atoms with Crippen molar-refractivity contribution in [3.8, 4) is 0 Å². The van der Waals surface area contributed by atoms with E-state index in [0.717, 1.165) is 4.31 Å². The molecule has 0 aliphatic rings. The molecule has 6 nitrogen and oxygen atoms in total. The molecule has 27 heavy (non-hydrogen) atoms. The minimum absolute atomic E-state index is 0.0366. The number of hydrogen-bond acceptors (Lipinski definition) is 5. The number of carbonyl (C=O) groups is 2. The second-order valence-corrected chi connectivity index (χ2v) is 9.05. The third-order valence-corrected chi connectivity index (χ3v) is 5.80. The third-order valence-electron chi connectivity index (χ3n) is 4.02. The monoisotopic (exact) mass is 389 g/mol. The smallest absolute Gasteiger partial charge is 0.338 e. The van der Waals surface area contributed by atoms with Crippen molar-refractivity contribution in [2.45, 2.75) is 25.7 Å². The molecule has 0 spiro atoms. The van der Waals surface area contributed by atoms with Gasteiger partial charge in [-0.05, 0) is 30.3 Å². The quantitative estimate of drug-likeness (QED) is 0.708. The number of ketones is 1. The molecule has 0 bridgehead atoms. The van der Waals surface area contributed by atoms with Crippen LogP contribution in [0, 0.1) is 5.41 Å². The van der Waals surface area contributed by atoms with E-state index >= 15 is 0 Å². The average Bonchev–Trinajstić information content (AvgIpc) is 2.65. The van der Waals surface area contributed by atoms with Gasteiger partial charge in [-0.3, -0.25) is 9.10 Å². The molecule has 0 amide bonds. The molecular formula is C20H23NO5S. The number of anilines is 1. The Labute approximate surface area is 159 Å². The number of ether oxygens (including phenoxy) is 1. The van der Waals surface area contributed by atoms with E-state index in [2.05, 4.69) is 0 Å². The Hall–Kier alpha value is -2.67. The van der Waals surface area contributed by atoms with E-state index in [-0.39, 0.29) is 22.8 Å². The molecule has 0 aromatic heterocycles. The van der Waals surface area contributed by atoms with Crippen molar-refractivity contribution in [1.82, 2.24) is 0 Å². The summed E-state index contributed by atoms with van der Waals surface area (Å²) in [4.78, 5) is 24.1. The molecule has 0 aliphatic heterocycles. The Morgan fingerprint density at radius 2 is 1.63 bits per heavy atom. The maximum atomic E-state index is 12.8. The van der Waals surface area contributed by atoms with Crippen LogP contribution in [-0.2, 0) is 19.6 Å². The molecule has 0 N–H and O–H groups in total. The molecule has 0 radical (unpaired) electrons. The third kappa shape index (κ3) is 4.95. The number of benzene rings is 2. The van der Waals surface area contributed by atoms with Crippen LogP contribution >= 0.6 is 0 Å². The van der Waals surface area contributed by atoms with E-state index in [1.165, 1.54) is 31.3 Å². The SMILES string of the molecule is CN(c1ccccc1)S(=O)(=O)c1cccc(C(=O)OCC(=O)C(C)(C)C)c1. The maximum Gasteiger partial charge on any atom is 0.338 e. The van der Waals surface area contributed by atoms with Gasteiger partial charge in [0.05, 0.1) is 16.1 Å². The largest absolute Gasteiger partial charge is 0.454 e. The van der Waals surface area contributed by atoms with Gasteiger partial charge in [-0.15, -0.1) is 0 Å². The molecule has 0 unspecified atom stereocenters. The van der Waals surface area contributed by atoms with Crippen LogP contribution in [0.25, 0.3) is 0 Å². The molecule has 0 fully saturated rings. The van der Waals surface area contributed by atoms with Gasteiger partial charge in [0.15, 0.2) is 12.4 Å². The van der Waals surface area contributed by atoms with Gasteiger partial charge in [0.2, 0.25) is 0 Å². The van der Waals surface area contributed by atoms with Crippen molar-refractivity contribution in [3.63, 3.8) is 0 Å². The lowest BCUT2D eigenvalue weighted by atomic mass is 9.91. The summed E-state index contributed by atoms with van der Waals surface area (Å²) in [5.74, 6) is -0.963. The second kappa shape index (κ2) is 7.92. The van der Waals surface area contributed by atoms with E-state index in [9.17, 15) is 18.0 Å². The summed E-state index contributed by atoms with van der Waals surface area (Å²) < 4.78 is 31.8. The molecule has 0 aliphatic carbocycles. The molecule has 2 rings (SSSR count). The van der Waals surface area contributed by atoms with Crippen LogP contribution in [-0.4, -0.2) is 33.8 Å². The number of rotatable bonds is 6. The molecule has 0 atom stereocenters. The molecule has 2 aromatic rings.